The summed E-state index contributed by atoms with van der Waals surface area (Å²) in [7, 11) is 0. The smallest absolute Gasteiger partial charge is 0.0156 e. The highest BCUT2D eigenvalue weighted by molar-refractivity contribution is 5.33. The Morgan fingerprint density at radius 2 is 2.21 bits per heavy atom. The zero-order chi connectivity index (χ0) is 9.97. The average Bonchev–Trinajstić information content (AvgIpc) is 2.23. The molecule has 0 radical (unpaired) electrons. The molecule has 0 unspecified atom stereocenters. The lowest BCUT2D eigenvalue weighted by atomic mass is 9.75. The summed E-state index contributed by atoms with van der Waals surface area (Å²) >= 11 is 0. The Morgan fingerprint density at radius 3 is 3.00 bits per heavy atom. The van der Waals surface area contributed by atoms with Crippen LogP contribution in [0.3, 0.4) is 0 Å². The first-order valence-electron chi connectivity index (χ1n) is 5.51. The van der Waals surface area contributed by atoms with Crippen molar-refractivity contribution >= 4 is 0 Å². The molecule has 2 atom stereocenters. The molecule has 1 aromatic carbocycles. The summed E-state index contributed by atoms with van der Waals surface area (Å²) in [6.07, 6.45) is 5.80. The van der Waals surface area contributed by atoms with Gasteiger partial charge < -0.3 is 0 Å². The van der Waals surface area contributed by atoms with Gasteiger partial charge >= 0.3 is 0 Å². The van der Waals surface area contributed by atoms with E-state index in [1.807, 2.05) is 0 Å². The lowest BCUT2D eigenvalue weighted by molar-refractivity contribution is 0.395. The van der Waals surface area contributed by atoms with Gasteiger partial charge in [-0.05, 0) is 42.2 Å². The molecular weight excluding hydrogens is 168 g/mol. The van der Waals surface area contributed by atoms with Gasteiger partial charge in [-0.3, -0.25) is 0 Å². The number of aryl methyl sites for hydroxylation is 1. The molecule has 2 rings (SSSR count). The number of hydrogen-bond acceptors (Lipinski definition) is 0. The molecule has 0 saturated carbocycles. The molecule has 0 fully saturated rings. The van der Waals surface area contributed by atoms with Gasteiger partial charge in [0.2, 0.25) is 0 Å². The minimum absolute atomic E-state index is 0.706. The van der Waals surface area contributed by atoms with Crippen molar-refractivity contribution in [3.63, 3.8) is 0 Å². The molecule has 0 amide bonds. The van der Waals surface area contributed by atoms with Crippen molar-refractivity contribution in [2.75, 3.05) is 0 Å². The number of fused-ring (bicyclic) bond motifs is 1. The SMILES string of the molecule is C=CC[C@@H]1CCc2ccccc2[C@H]1C. The topological polar surface area (TPSA) is 0 Å². The highest BCUT2D eigenvalue weighted by Crippen LogP contribution is 2.37. The molecule has 0 saturated heterocycles. The van der Waals surface area contributed by atoms with Crippen LogP contribution in [0.4, 0.5) is 0 Å². The van der Waals surface area contributed by atoms with Gasteiger partial charge in [0.15, 0.2) is 0 Å². The van der Waals surface area contributed by atoms with Crippen molar-refractivity contribution in [2.45, 2.75) is 32.1 Å². The highest BCUT2D eigenvalue weighted by atomic mass is 14.3. The maximum absolute atomic E-state index is 3.85. The van der Waals surface area contributed by atoms with Crippen LogP contribution in [0.1, 0.15) is 36.8 Å². The van der Waals surface area contributed by atoms with E-state index in [-0.39, 0.29) is 0 Å². The molecule has 0 aliphatic heterocycles. The van der Waals surface area contributed by atoms with Crippen LogP contribution >= 0.6 is 0 Å². The van der Waals surface area contributed by atoms with E-state index < -0.39 is 0 Å². The second kappa shape index (κ2) is 4.00. The van der Waals surface area contributed by atoms with Crippen LogP contribution in [0.2, 0.25) is 0 Å². The van der Waals surface area contributed by atoms with E-state index in [9.17, 15) is 0 Å². The van der Waals surface area contributed by atoms with E-state index in [1.165, 1.54) is 12.8 Å². The largest absolute Gasteiger partial charge is 0.103 e. The van der Waals surface area contributed by atoms with Crippen molar-refractivity contribution in [2.24, 2.45) is 5.92 Å². The highest BCUT2D eigenvalue weighted by Gasteiger charge is 2.24. The average molecular weight is 186 g/mol. The van der Waals surface area contributed by atoms with Crippen LogP contribution in [0.5, 0.6) is 0 Å². The quantitative estimate of drug-likeness (QED) is 0.614. The molecule has 0 spiro atoms. The third-order valence-electron chi connectivity index (χ3n) is 3.51. The summed E-state index contributed by atoms with van der Waals surface area (Å²) in [5.74, 6) is 1.51. The Kier molecular flexibility index (Phi) is 2.72. The zero-order valence-electron chi connectivity index (χ0n) is 8.87. The summed E-state index contributed by atoms with van der Waals surface area (Å²) < 4.78 is 0. The maximum atomic E-state index is 3.85. The van der Waals surface area contributed by atoms with Gasteiger partial charge in [0.25, 0.3) is 0 Å². The molecule has 0 bridgehead atoms. The standard InChI is InChI=1S/C14H18/c1-3-6-12-9-10-13-7-4-5-8-14(13)11(12)2/h3-5,7-8,11-12H,1,6,9-10H2,2H3/t11-,12+/m0/s1. The fraction of sp³-hybridized carbons (Fsp3) is 0.429. The lowest BCUT2D eigenvalue weighted by Gasteiger charge is -2.30. The zero-order valence-corrected chi connectivity index (χ0v) is 8.87. The van der Waals surface area contributed by atoms with Gasteiger partial charge in [-0.15, -0.1) is 6.58 Å². The molecule has 1 aliphatic rings. The first-order chi connectivity index (χ1) is 6.83. The van der Waals surface area contributed by atoms with Crippen molar-refractivity contribution in [1.82, 2.24) is 0 Å². The summed E-state index contributed by atoms with van der Waals surface area (Å²) in [5.41, 5.74) is 3.12. The van der Waals surface area contributed by atoms with Crippen LogP contribution < -0.4 is 0 Å². The first kappa shape index (κ1) is 9.51. The third-order valence-corrected chi connectivity index (χ3v) is 3.51. The van der Waals surface area contributed by atoms with Crippen molar-refractivity contribution in [1.29, 1.82) is 0 Å². The molecule has 14 heavy (non-hydrogen) atoms. The Morgan fingerprint density at radius 1 is 1.43 bits per heavy atom. The molecular formula is C14H18. The molecule has 1 aliphatic carbocycles. The van der Waals surface area contributed by atoms with E-state index in [0.29, 0.717) is 5.92 Å². The predicted molar refractivity (Wildman–Crippen MR) is 61.5 cm³/mol. The summed E-state index contributed by atoms with van der Waals surface area (Å²) in [4.78, 5) is 0. The van der Waals surface area contributed by atoms with Gasteiger partial charge in [0.05, 0.1) is 0 Å². The predicted octanol–water partition coefficient (Wildman–Crippen LogP) is 3.93. The van der Waals surface area contributed by atoms with Crippen LogP contribution in [-0.2, 0) is 6.42 Å². The van der Waals surface area contributed by atoms with Crippen LogP contribution in [-0.4, -0.2) is 0 Å². The minimum atomic E-state index is 0.706. The van der Waals surface area contributed by atoms with Crippen LogP contribution in [0.25, 0.3) is 0 Å². The summed E-state index contributed by atoms with van der Waals surface area (Å²) in [6.45, 7) is 6.20. The minimum Gasteiger partial charge on any atom is -0.103 e. The van der Waals surface area contributed by atoms with Gasteiger partial charge in [-0.25, -0.2) is 0 Å². The fourth-order valence-electron chi connectivity index (χ4n) is 2.59. The summed E-state index contributed by atoms with van der Waals surface area (Å²) in [6, 6.07) is 8.87. The van der Waals surface area contributed by atoms with Gasteiger partial charge in [-0.2, -0.15) is 0 Å². The molecule has 0 N–H and O–H groups in total. The van der Waals surface area contributed by atoms with Crippen molar-refractivity contribution < 1.29 is 0 Å². The fourth-order valence-corrected chi connectivity index (χ4v) is 2.59. The third kappa shape index (κ3) is 1.61. The normalized spacial score (nSPS) is 25.5. The second-order valence-corrected chi connectivity index (χ2v) is 4.31. The molecule has 0 nitrogen and oxygen atoms in total. The van der Waals surface area contributed by atoms with E-state index >= 15 is 0 Å². The monoisotopic (exact) mass is 186 g/mol. The molecule has 0 heteroatoms. The van der Waals surface area contributed by atoms with E-state index in [4.69, 9.17) is 0 Å². The van der Waals surface area contributed by atoms with Crippen molar-refractivity contribution in [3.8, 4) is 0 Å². The molecule has 1 aromatic rings. The van der Waals surface area contributed by atoms with Gasteiger partial charge in [0, 0.05) is 0 Å². The van der Waals surface area contributed by atoms with Gasteiger partial charge in [-0.1, -0.05) is 37.3 Å². The number of rotatable bonds is 2. The van der Waals surface area contributed by atoms with E-state index in [0.717, 1.165) is 12.3 Å². The van der Waals surface area contributed by atoms with E-state index in [1.54, 1.807) is 11.1 Å². The second-order valence-electron chi connectivity index (χ2n) is 4.31. The van der Waals surface area contributed by atoms with Gasteiger partial charge in [0.1, 0.15) is 0 Å². The van der Waals surface area contributed by atoms with E-state index in [2.05, 4.69) is 43.8 Å². The molecule has 0 aromatic heterocycles. The summed E-state index contributed by atoms with van der Waals surface area (Å²) in [5, 5.41) is 0. The molecule has 0 heterocycles. The Hall–Kier alpha value is -1.04. The number of benzene rings is 1. The Bertz CT molecular complexity index is 325. The van der Waals surface area contributed by atoms with Crippen LogP contribution in [0.15, 0.2) is 36.9 Å². The van der Waals surface area contributed by atoms with Crippen LogP contribution in [0, 0.1) is 5.92 Å². The Labute approximate surface area is 86.7 Å². The maximum Gasteiger partial charge on any atom is -0.0156 e. The molecule has 74 valence electrons. The number of allylic oxidation sites excluding steroid dienone is 1. The lowest BCUT2D eigenvalue weighted by Crippen LogP contribution is -2.17. The number of hydrogen-bond donors (Lipinski definition) is 0. The first-order valence-corrected chi connectivity index (χ1v) is 5.51. The van der Waals surface area contributed by atoms with Crippen molar-refractivity contribution in [3.05, 3.63) is 48.0 Å². The Balaban J connectivity index is 2.26.